The largest absolute Gasteiger partial charge is 0.374 e. The first kappa shape index (κ1) is 14.1. The summed E-state index contributed by atoms with van der Waals surface area (Å²) in [6.07, 6.45) is 5.53. The molecule has 0 spiro atoms. The van der Waals surface area contributed by atoms with Gasteiger partial charge in [0.15, 0.2) is 0 Å². The lowest BCUT2D eigenvalue weighted by Crippen LogP contribution is -2.29. The Hall–Kier alpha value is -1.82. The standard InChI is InChI=1S/C15H17BrN4O/c16-12-9-18-20(10-12)8-6-11-1-3-13(4-2-11)19-14-5-7-17-15(14)21/h1-4,9-10,14,19H,5-8H2,(H,17,21). The SMILES string of the molecule is O=C1NCCC1Nc1ccc(CCn2cc(Br)cn2)cc1. The molecule has 6 heteroatoms. The molecule has 0 bridgehead atoms. The number of carbonyl (C=O) groups is 1. The van der Waals surface area contributed by atoms with Gasteiger partial charge in [0.1, 0.15) is 6.04 Å². The van der Waals surface area contributed by atoms with Crippen molar-refractivity contribution in [2.75, 3.05) is 11.9 Å². The van der Waals surface area contributed by atoms with Gasteiger partial charge in [-0.3, -0.25) is 9.48 Å². The van der Waals surface area contributed by atoms with Crippen LogP contribution in [0.2, 0.25) is 0 Å². The van der Waals surface area contributed by atoms with Crippen molar-refractivity contribution >= 4 is 27.5 Å². The van der Waals surface area contributed by atoms with Gasteiger partial charge in [-0.15, -0.1) is 0 Å². The number of rotatable bonds is 5. The Balaban J connectivity index is 1.55. The highest BCUT2D eigenvalue weighted by Crippen LogP contribution is 2.15. The number of nitrogens with one attached hydrogen (secondary N) is 2. The highest BCUT2D eigenvalue weighted by Gasteiger charge is 2.23. The average Bonchev–Trinajstić information content (AvgIpc) is 3.08. The molecule has 3 rings (SSSR count). The van der Waals surface area contributed by atoms with Crippen LogP contribution in [-0.2, 0) is 17.8 Å². The molecule has 1 amide bonds. The van der Waals surface area contributed by atoms with Crippen LogP contribution in [0.1, 0.15) is 12.0 Å². The van der Waals surface area contributed by atoms with Crippen molar-refractivity contribution in [1.82, 2.24) is 15.1 Å². The second kappa shape index (κ2) is 6.30. The van der Waals surface area contributed by atoms with E-state index in [1.165, 1.54) is 5.56 Å². The lowest BCUT2D eigenvalue weighted by atomic mass is 10.1. The molecular formula is C15H17BrN4O. The third-order valence-electron chi connectivity index (χ3n) is 3.57. The molecule has 0 saturated carbocycles. The Morgan fingerprint density at radius 1 is 1.38 bits per heavy atom. The van der Waals surface area contributed by atoms with Crippen molar-refractivity contribution in [2.45, 2.75) is 25.4 Å². The van der Waals surface area contributed by atoms with Crippen LogP contribution in [0.5, 0.6) is 0 Å². The van der Waals surface area contributed by atoms with Gasteiger partial charge in [0.05, 0.1) is 10.7 Å². The van der Waals surface area contributed by atoms with E-state index in [4.69, 9.17) is 0 Å². The number of benzene rings is 1. The summed E-state index contributed by atoms with van der Waals surface area (Å²) in [6.45, 7) is 1.61. The van der Waals surface area contributed by atoms with Crippen LogP contribution in [0.25, 0.3) is 0 Å². The summed E-state index contributed by atoms with van der Waals surface area (Å²) in [5.41, 5.74) is 2.24. The second-order valence-corrected chi connectivity index (χ2v) is 6.06. The summed E-state index contributed by atoms with van der Waals surface area (Å²) < 4.78 is 2.91. The number of halogens is 1. The maximum Gasteiger partial charge on any atom is 0.242 e. The van der Waals surface area contributed by atoms with Crippen LogP contribution in [0.3, 0.4) is 0 Å². The first-order chi connectivity index (χ1) is 10.2. The molecule has 21 heavy (non-hydrogen) atoms. The van der Waals surface area contributed by atoms with Crippen molar-refractivity contribution in [3.8, 4) is 0 Å². The van der Waals surface area contributed by atoms with E-state index < -0.39 is 0 Å². The van der Waals surface area contributed by atoms with Crippen LogP contribution in [0, 0.1) is 0 Å². The van der Waals surface area contributed by atoms with Crippen LogP contribution >= 0.6 is 15.9 Å². The Morgan fingerprint density at radius 2 is 2.19 bits per heavy atom. The zero-order valence-electron chi connectivity index (χ0n) is 11.6. The monoisotopic (exact) mass is 348 g/mol. The predicted molar refractivity (Wildman–Crippen MR) is 85.1 cm³/mol. The van der Waals surface area contributed by atoms with Gasteiger partial charge in [0.25, 0.3) is 0 Å². The van der Waals surface area contributed by atoms with E-state index in [0.717, 1.165) is 36.1 Å². The number of amides is 1. The molecule has 0 radical (unpaired) electrons. The predicted octanol–water partition coefficient (Wildman–Crippen LogP) is 2.19. The van der Waals surface area contributed by atoms with Gasteiger partial charge in [-0.1, -0.05) is 12.1 Å². The molecule has 110 valence electrons. The molecule has 2 aromatic rings. The first-order valence-electron chi connectivity index (χ1n) is 7.02. The smallest absolute Gasteiger partial charge is 0.242 e. The lowest BCUT2D eigenvalue weighted by Gasteiger charge is -2.12. The van der Waals surface area contributed by atoms with Crippen LogP contribution in [0.4, 0.5) is 5.69 Å². The minimum Gasteiger partial charge on any atom is -0.374 e. The third kappa shape index (κ3) is 3.64. The van der Waals surface area contributed by atoms with E-state index in [-0.39, 0.29) is 11.9 Å². The summed E-state index contributed by atoms with van der Waals surface area (Å²) in [6, 6.07) is 8.14. The van der Waals surface area contributed by atoms with Gasteiger partial charge >= 0.3 is 0 Å². The van der Waals surface area contributed by atoms with E-state index in [0.29, 0.717) is 0 Å². The van der Waals surface area contributed by atoms with Crippen molar-refractivity contribution in [2.24, 2.45) is 0 Å². The first-order valence-corrected chi connectivity index (χ1v) is 7.81. The van der Waals surface area contributed by atoms with Gasteiger partial charge in [-0.05, 0) is 46.5 Å². The van der Waals surface area contributed by atoms with Gasteiger partial charge in [-0.2, -0.15) is 5.10 Å². The number of nitrogens with zero attached hydrogens (tertiary/aromatic N) is 2. The van der Waals surface area contributed by atoms with E-state index in [1.807, 2.05) is 23.0 Å². The average molecular weight is 349 g/mol. The lowest BCUT2D eigenvalue weighted by molar-refractivity contribution is -0.119. The topological polar surface area (TPSA) is 59.0 Å². The number of hydrogen-bond donors (Lipinski definition) is 2. The van der Waals surface area contributed by atoms with E-state index in [1.54, 1.807) is 6.20 Å². The Morgan fingerprint density at radius 3 is 2.81 bits per heavy atom. The normalized spacial score (nSPS) is 17.8. The molecule has 1 saturated heterocycles. The van der Waals surface area contributed by atoms with Gasteiger partial charge in [-0.25, -0.2) is 0 Å². The fourth-order valence-electron chi connectivity index (χ4n) is 2.40. The van der Waals surface area contributed by atoms with Crippen LogP contribution < -0.4 is 10.6 Å². The van der Waals surface area contributed by atoms with Crippen molar-refractivity contribution in [1.29, 1.82) is 0 Å². The molecule has 1 aromatic carbocycles. The molecular weight excluding hydrogens is 332 g/mol. The van der Waals surface area contributed by atoms with Gasteiger partial charge in [0.2, 0.25) is 5.91 Å². The van der Waals surface area contributed by atoms with Crippen molar-refractivity contribution in [3.63, 3.8) is 0 Å². The molecule has 1 unspecified atom stereocenters. The molecule has 0 aliphatic carbocycles. The zero-order chi connectivity index (χ0) is 14.7. The van der Waals surface area contributed by atoms with Crippen LogP contribution in [0.15, 0.2) is 41.1 Å². The van der Waals surface area contributed by atoms with E-state index in [2.05, 4.69) is 43.8 Å². The minimum absolute atomic E-state index is 0.0864. The molecule has 1 fully saturated rings. The zero-order valence-corrected chi connectivity index (χ0v) is 13.1. The maximum absolute atomic E-state index is 11.5. The number of aryl methyl sites for hydroxylation is 2. The Bertz CT molecular complexity index is 623. The summed E-state index contributed by atoms with van der Waals surface area (Å²) in [7, 11) is 0. The Labute approximate surface area is 131 Å². The quantitative estimate of drug-likeness (QED) is 0.870. The summed E-state index contributed by atoms with van der Waals surface area (Å²) in [4.78, 5) is 11.5. The highest BCUT2D eigenvalue weighted by molar-refractivity contribution is 9.10. The molecule has 1 aromatic heterocycles. The van der Waals surface area contributed by atoms with Crippen LogP contribution in [-0.4, -0.2) is 28.3 Å². The second-order valence-electron chi connectivity index (χ2n) is 5.15. The summed E-state index contributed by atoms with van der Waals surface area (Å²) in [5, 5.41) is 10.3. The fourth-order valence-corrected chi connectivity index (χ4v) is 2.73. The number of carbonyl (C=O) groups excluding carboxylic acids is 1. The third-order valence-corrected chi connectivity index (χ3v) is 3.98. The Kier molecular flexibility index (Phi) is 4.24. The van der Waals surface area contributed by atoms with Gasteiger partial charge < -0.3 is 10.6 Å². The van der Waals surface area contributed by atoms with Crippen molar-refractivity contribution in [3.05, 3.63) is 46.7 Å². The molecule has 5 nitrogen and oxygen atoms in total. The minimum atomic E-state index is -0.0997. The summed E-state index contributed by atoms with van der Waals surface area (Å²) in [5.74, 6) is 0.0864. The molecule has 1 aliphatic heterocycles. The number of anilines is 1. The number of aromatic nitrogens is 2. The maximum atomic E-state index is 11.5. The molecule has 2 N–H and O–H groups in total. The van der Waals surface area contributed by atoms with E-state index in [9.17, 15) is 4.79 Å². The highest BCUT2D eigenvalue weighted by atomic mass is 79.9. The number of hydrogen-bond acceptors (Lipinski definition) is 3. The van der Waals surface area contributed by atoms with Gasteiger partial charge in [0, 0.05) is 25.0 Å². The van der Waals surface area contributed by atoms with Crippen molar-refractivity contribution < 1.29 is 4.79 Å². The summed E-state index contributed by atoms with van der Waals surface area (Å²) >= 11 is 3.39. The molecule has 2 heterocycles. The molecule has 1 atom stereocenters. The van der Waals surface area contributed by atoms with E-state index >= 15 is 0 Å². The molecule has 1 aliphatic rings. The fraction of sp³-hybridized carbons (Fsp3) is 0.333.